The van der Waals surface area contributed by atoms with Crippen LogP contribution in [0.2, 0.25) is 0 Å². The lowest BCUT2D eigenvalue weighted by atomic mass is 9.94. The maximum Gasteiger partial charge on any atom is 0.174 e. The number of H-pyrrole nitrogens is 2. The molecule has 0 saturated carbocycles. The van der Waals surface area contributed by atoms with Crippen LogP contribution in [-0.2, 0) is 6.42 Å². The Labute approximate surface area is 94.8 Å². The summed E-state index contributed by atoms with van der Waals surface area (Å²) in [6.07, 6.45) is 9.99. The summed E-state index contributed by atoms with van der Waals surface area (Å²) in [4.78, 5) is 6.26. The number of aromatic nitrogens is 2. The third kappa shape index (κ3) is 1.69. The topological polar surface area (TPSA) is 31.6 Å². The van der Waals surface area contributed by atoms with Gasteiger partial charge in [0.05, 0.1) is 0 Å². The normalized spacial score (nSPS) is 24.9. The lowest BCUT2D eigenvalue weighted by Crippen LogP contribution is -2.03. The van der Waals surface area contributed by atoms with Crippen LogP contribution in [0.1, 0.15) is 37.8 Å². The van der Waals surface area contributed by atoms with E-state index < -0.39 is 0 Å². The van der Waals surface area contributed by atoms with Gasteiger partial charge in [-0.15, -0.1) is 0 Å². The van der Waals surface area contributed by atoms with E-state index in [1.807, 2.05) is 6.20 Å². The van der Waals surface area contributed by atoms with Gasteiger partial charge in [0.1, 0.15) is 0 Å². The first-order valence-electron chi connectivity index (χ1n) is 5.80. The number of hydrogen-bond donors (Lipinski definition) is 2. The van der Waals surface area contributed by atoms with Crippen molar-refractivity contribution in [2.45, 2.75) is 38.5 Å². The zero-order valence-corrected chi connectivity index (χ0v) is 9.62. The second kappa shape index (κ2) is 3.63. The molecule has 2 N–H and O–H groups in total. The lowest BCUT2D eigenvalue weighted by Gasteiger charge is -2.11. The van der Waals surface area contributed by atoms with Gasteiger partial charge < -0.3 is 9.97 Å². The minimum absolute atomic E-state index is 0.753. The Hall–Kier alpha value is -0.830. The SMILES string of the molecule is S=c1[nH]cc(CC2CCC3=C2CCC3)[nH]1. The molecule has 3 heteroatoms. The summed E-state index contributed by atoms with van der Waals surface area (Å²) in [6.45, 7) is 0. The van der Waals surface area contributed by atoms with Crippen LogP contribution in [0.4, 0.5) is 0 Å². The first-order valence-corrected chi connectivity index (χ1v) is 6.21. The van der Waals surface area contributed by atoms with Gasteiger partial charge in [-0.05, 0) is 56.7 Å². The van der Waals surface area contributed by atoms with E-state index in [2.05, 4.69) is 9.97 Å². The molecule has 0 bridgehead atoms. The Morgan fingerprint density at radius 3 is 3.07 bits per heavy atom. The van der Waals surface area contributed by atoms with Crippen molar-refractivity contribution < 1.29 is 0 Å². The standard InChI is InChI=1S/C12H16N2S/c15-12-13-7-10(14-12)6-9-5-4-8-2-1-3-11(8)9/h7,9H,1-6H2,(H2,13,14,15). The first kappa shape index (κ1) is 9.40. The zero-order chi connectivity index (χ0) is 10.3. The molecule has 0 saturated heterocycles. The Morgan fingerprint density at radius 1 is 1.33 bits per heavy atom. The van der Waals surface area contributed by atoms with Crippen molar-refractivity contribution >= 4 is 12.2 Å². The molecule has 2 aliphatic carbocycles. The fraction of sp³-hybridized carbons (Fsp3) is 0.583. The second-order valence-corrected chi connectivity index (χ2v) is 5.10. The van der Waals surface area contributed by atoms with E-state index in [0.29, 0.717) is 0 Å². The van der Waals surface area contributed by atoms with Crippen LogP contribution in [0.15, 0.2) is 17.3 Å². The van der Waals surface area contributed by atoms with Gasteiger partial charge in [0.25, 0.3) is 0 Å². The van der Waals surface area contributed by atoms with Crippen molar-refractivity contribution in [2.24, 2.45) is 5.92 Å². The summed E-state index contributed by atoms with van der Waals surface area (Å²) < 4.78 is 0.753. The molecule has 1 atom stereocenters. The van der Waals surface area contributed by atoms with Crippen LogP contribution in [0.3, 0.4) is 0 Å². The molecular weight excluding hydrogens is 204 g/mol. The minimum atomic E-state index is 0.753. The van der Waals surface area contributed by atoms with Gasteiger partial charge in [-0.1, -0.05) is 11.1 Å². The Kier molecular flexibility index (Phi) is 2.28. The highest BCUT2D eigenvalue weighted by atomic mass is 32.1. The number of allylic oxidation sites excluding steroid dienone is 2. The monoisotopic (exact) mass is 220 g/mol. The van der Waals surface area contributed by atoms with E-state index in [4.69, 9.17) is 12.2 Å². The smallest absolute Gasteiger partial charge is 0.174 e. The van der Waals surface area contributed by atoms with Crippen LogP contribution in [-0.4, -0.2) is 9.97 Å². The van der Waals surface area contributed by atoms with E-state index in [-0.39, 0.29) is 0 Å². The third-order valence-corrected chi connectivity index (χ3v) is 4.00. The van der Waals surface area contributed by atoms with Crippen molar-refractivity contribution in [2.75, 3.05) is 0 Å². The van der Waals surface area contributed by atoms with Crippen LogP contribution in [0.5, 0.6) is 0 Å². The third-order valence-electron chi connectivity index (χ3n) is 3.78. The number of nitrogens with one attached hydrogen (secondary N) is 2. The van der Waals surface area contributed by atoms with Crippen LogP contribution in [0.25, 0.3) is 0 Å². The largest absolute Gasteiger partial charge is 0.337 e. The molecule has 1 unspecified atom stereocenters. The summed E-state index contributed by atoms with van der Waals surface area (Å²) in [5.74, 6) is 0.795. The number of aromatic amines is 2. The molecule has 1 aromatic heterocycles. The van der Waals surface area contributed by atoms with Crippen LogP contribution in [0, 0.1) is 10.7 Å². The second-order valence-electron chi connectivity index (χ2n) is 4.69. The molecule has 80 valence electrons. The summed E-state index contributed by atoms with van der Waals surface area (Å²) in [6, 6.07) is 0. The predicted octanol–water partition coefficient (Wildman–Crippen LogP) is 3.51. The van der Waals surface area contributed by atoms with Crippen molar-refractivity contribution in [3.05, 3.63) is 27.8 Å². The van der Waals surface area contributed by atoms with Gasteiger partial charge in [0.15, 0.2) is 4.77 Å². The molecule has 0 aliphatic heterocycles. The number of hydrogen-bond acceptors (Lipinski definition) is 1. The Morgan fingerprint density at radius 2 is 2.27 bits per heavy atom. The number of rotatable bonds is 2. The van der Waals surface area contributed by atoms with Gasteiger partial charge in [0, 0.05) is 11.9 Å². The van der Waals surface area contributed by atoms with Crippen molar-refractivity contribution in [3.8, 4) is 0 Å². The fourth-order valence-corrected chi connectivity index (χ4v) is 3.29. The molecule has 1 aromatic rings. The van der Waals surface area contributed by atoms with E-state index in [1.54, 1.807) is 11.1 Å². The average Bonchev–Trinajstić information content (AvgIpc) is 2.85. The molecular formula is C12H16N2S. The fourth-order valence-electron chi connectivity index (χ4n) is 3.10. The predicted molar refractivity (Wildman–Crippen MR) is 63.3 cm³/mol. The lowest BCUT2D eigenvalue weighted by molar-refractivity contribution is 0.565. The van der Waals surface area contributed by atoms with Gasteiger partial charge in [-0.2, -0.15) is 0 Å². The van der Waals surface area contributed by atoms with Gasteiger partial charge in [0.2, 0.25) is 0 Å². The van der Waals surface area contributed by atoms with Gasteiger partial charge in [-0.25, -0.2) is 0 Å². The average molecular weight is 220 g/mol. The minimum Gasteiger partial charge on any atom is -0.337 e. The zero-order valence-electron chi connectivity index (χ0n) is 8.81. The molecule has 2 aliphatic rings. The van der Waals surface area contributed by atoms with Crippen LogP contribution >= 0.6 is 12.2 Å². The highest BCUT2D eigenvalue weighted by Crippen LogP contribution is 2.43. The van der Waals surface area contributed by atoms with E-state index in [1.165, 1.54) is 37.8 Å². The maximum absolute atomic E-state index is 5.04. The molecule has 3 rings (SSSR count). The molecule has 0 spiro atoms. The van der Waals surface area contributed by atoms with E-state index in [9.17, 15) is 0 Å². The summed E-state index contributed by atoms with van der Waals surface area (Å²) in [5, 5.41) is 0. The van der Waals surface area contributed by atoms with Crippen molar-refractivity contribution in [3.63, 3.8) is 0 Å². The van der Waals surface area contributed by atoms with Crippen molar-refractivity contribution in [1.82, 2.24) is 9.97 Å². The molecule has 0 amide bonds. The highest BCUT2D eigenvalue weighted by Gasteiger charge is 2.28. The molecule has 15 heavy (non-hydrogen) atoms. The highest BCUT2D eigenvalue weighted by molar-refractivity contribution is 7.71. The van der Waals surface area contributed by atoms with Gasteiger partial charge in [-0.3, -0.25) is 0 Å². The molecule has 1 heterocycles. The van der Waals surface area contributed by atoms with Crippen molar-refractivity contribution in [1.29, 1.82) is 0 Å². The summed E-state index contributed by atoms with van der Waals surface area (Å²) in [7, 11) is 0. The summed E-state index contributed by atoms with van der Waals surface area (Å²) >= 11 is 5.04. The Balaban J connectivity index is 1.77. The van der Waals surface area contributed by atoms with E-state index >= 15 is 0 Å². The van der Waals surface area contributed by atoms with E-state index in [0.717, 1.165) is 17.1 Å². The Bertz CT molecular complexity index is 452. The quantitative estimate of drug-likeness (QED) is 0.580. The summed E-state index contributed by atoms with van der Waals surface area (Å²) in [5.41, 5.74) is 4.82. The number of imidazole rings is 1. The van der Waals surface area contributed by atoms with Gasteiger partial charge >= 0.3 is 0 Å². The molecule has 0 fully saturated rings. The maximum atomic E-state index is 5.04. The molecule has 2 nitrogen and oxygen atoms in total. The first-order chi connectivity index (χ1) is 7.33. The van der Waals surface area contributed by atoms with Crippen LogP contribution < -0.4 is 0 Å². The molecule has 0 radical (unpaired) electrons. The molecule has 0 aromatic carbocycles.